The van der Waals surface area contributed by atoms with E-state index in [1.165, 1.54) is 6.26 Å². The number of anilines is 1. The summed E-state index contributed by atoms with van der Waals surface area (Å²) >= 11 is 0. The molecule has 7 heteroatoms. The monoisotopic (exact) mass is 353 g/mol. The van der Waals surface area contributed by atoms with E-state index < -0.39 is 6.04 Å². The predicted molar refractivity (Wildman–Crippen MR) is 94.3 cm³/mol. The van der Waals surface area contributed by atoms with Crippen molar-refractivity contribution in [3.05, 3.63) is 66.1 Å². The predicted octanol–water partition coefficient (Wildman–Crippen LogP) is 3.05. The minimum Gasteiger partial charge on any atom is -0.497 e. The number of benzene rings is 1. The van der Waals surface area contributed by atoms with E-state index >= 15 is 0 Å². The molecule has 1 aliphatic heterocycles. The standard InChI is InChI=1S/C19H19N3O4/c1-24-14-5-2-4-13(10-14)20-18(19(23)16-6-3-8-26-16)15-11-22-7-9-25-12-17(22)21-15/h2-6,8,10-11,18,20H,7,9,12H2,1H3. The van der Waals surface area contributed by atoms with Crippen molar-refractivity contribution >= 4 is 11.5 Å². The van der Waals surface area contributed by atoms with E-state index in [-0.39, 0.29) is 11.5 Å². The summed E-state index contributed by atoms with van der Waals surface area (Å²) in [5.41, 5.74) is 1.39. The lowest BCUT2D eigenvalue weighted by Crippen LogP contribution is -2.21. The van der Waals surface area contributed by atoms with Gasteiger partial charge in [0.2, 0.25) is 5.78 Å². The molecular formula is C19H19N3O4. The number of furan rings is 1. The van der Waals surface area contributed by atoms with Gasteiger partial charge in [0.15, 0.2) is 5.76 Å². The smallest absolute Gasteiger partial charge is 0.226 e. The van der Waals surface area contributed by atoms with Crippen molar-refractivity contribution in [2.75, 3.05) is 19.0 Å². The number of carbonyl (C=O) groups is 1. The molecule has 1 unspecified atom stereocenters. The van der Waals surface area contributed by atoms with E-state index in [0.717, 1.165) is 18.1 Å². The Kier molecular flexibility index (Phi) is 4.45. The number of carbonyl (C=O) groups excluding carboxylic acids is 1. The minimum atomic E-state index is -0.675. The first-order chi connectivity index (χ1) is 12.7. The Morgan fingerprint density at radius 3 is 3.04 bits per heavy atom. The zero-order valence-electron chi connectivity index (χ0n) is 14.3. The summed E-state index contributed by atoms with van der Waals surface area (Å²) in [5.74, 6) is 1.62. The normalized spacial score (nSPS) is 14.5. The lowest BCUT2D eigenvalue weighted by molar-refractivity contribution is 0.0815. The van der Waals surface area contributed by atoms with Crippen LogP contribution in [-0.2, 0) is 17.9 Å². The molecule has 0 amide bonds. The van der Waals surface area contributed by atoms with Crippen LogP contribution in [0.25, 0.3) is 0 Å². The summed E-state index contributed by atoms with van der Waals surface area (Å²) in [6, 6.07) is 10.1. The second-order valence-corrected chi connectivity index (χ2v) is 5.98. The highest BCUT2D eigenvalue weighted by atomic mass is 16.5. The first kappa shape index (κ1) is 16.4. The zero-order valence-corrected chi connectivity index (χ0v) is 14.3. The average molecular weight is 353 g/mol. The van der Waals surface area contributed by atoms with Gasteiger partial charge in [-0.2, -0.15) is 0 Å². The molecule has 0 saturated carbocycles. The molecular weight excluding hydrogens is 334 g/mol. The van der Waals surface area contributed by atoms with Crippen LogP contribution in [0, 0.1) is 0 Å². The molecule has 4 rings (SSSR count). The Hall–Kier alpha value is -3.06. The highest BCUT2D eigenvalue weighted by Crippen LogP contribution is 2.26. The van der Waals surface area contributed by atoms with E-state index in [4.69, 9.17) is 13.9 Å². The third kappa shape index (κ3) is 3.21. The lowest BCUT2D eigenvalue weighted by Gasteiger charge is -2.16. The van der Waals surface area contributed by atoms with Gasteiger partial charge in [-0.3, -0.25) is 4.79 Å². The molecule has 0 saturated heterocycles. The van der Waals surface area contributed by atoms with Crippen LogP contribution in [0.3, 0.4) is 0 Å². The maximum Gasteiger partial charge on any atom is 0.226 e. The van der Waals surface area contributed by atoms with Crippen molar-refractivity contribution in [1.82, 2.24) is 9.55 Å². The number of fused-ring (bicyclic) bond motifs is 1. The van der Waals surface area contributed by atoms with Gasteiger partial charge in [-0.15, -0.1) is 0 Å². The van der Waals surface area contributed by atoms with Crippen LogP contribution >= 0.6 is 0 Å². The van der Waals surface area contributed by atoms with Gasteiger partial charge >= 0.3 is 0 Å². The van der Waals surface area contributed by atoms with E-state index in [0.29, 0.717) is 24.7 Å². The number of methoxy groups -OCH3 is 1. The number of rotatable bonds is 6. The first-order valence-electron chi connectivity index (χ1n) is 8.36. The van der Waals surface area contributed by atoms with Crippen molar-refractivity contribution in [3.63, 3.8) is 0 Å². The molecule has 0 radical (unpaired) electrons. The van der Waals surface area contributed by atoms with Crippen LogP contribution < -0.4 is 10.1 Å². The van der Waals surface area contributed by atoms with Crippen molar-refractivity contribution in [2.24, 2.45) is 0 Å². The van der Waals surface area contributed by atoms with Crippen molar-refractivity contribution < 1.29 is 18.7 Å². The number of aromatic nitrogens is 2. The van der Waals surface area contributed by atoms with Gasteiger partial charge < -0.3 is 23.8 Å². The fourth-order valence-corrected chi connectivity index (χ4v) is 2.96. The molecule has 1 atom stereocenters. The fraction of sp³-hybridized carbons (Fsp3) is 0.263. The Morgan fingerprint density at radius 2 is 2.27 bits per heavy atom. The van der Waals surface area contributed by atoms with E-state index in [1.54, 1.807) is 19.2 Å². The van der Waals surface area contributed by atoms with Gasteiger partial charge in [0.1, 0.15) is 24.2 Å². The quantitative estimate of drug-likeness (QED) is 0.686. The second kappa shape index (κ2) is 7.05. The summed E-state index contributed by atoms with van der Waals surface area (Å²) < 4.78 is 18.0. The van der Waals surface area contributed by atoms with Gasteiger partial charge in [0, 0.05) is 24.5 Å². The number of ketones is 1. The largest absolute Gasteiger partial charge is 0.497 e. The SMILES string of the molecule is COc1cccc(NC(C(=O)c2ccco2)c2cn3c(n2)COCC3)c1. The average Bonchev–Trinajstić information content (AvgIpc) is 3.35. The molecule has 1 aromatic carbocycles. The lowest BCUT2D eigenvalue weighted by atomic mass is 10.1. The third-order valence-corrected chi connectivity index (χ3v) is 4.29. The topological polar surface area (TPSA) is 78.5 Å². The summed E-state index contributed by atoms with van der Waals surface area (Å²) in [5, 5.41) is 3.26. The molecule has 3 heterocycles. The minimum absolute atomic E-state index is 0.186. The highest BCUT2D eigenvalue weighted by Gasteiger charge is 2.28. The Bertz CT molecular complexity index is 878. The summed E-state index contributed by atoms with van der Waals surface area (Å²) in [7, 11) is 1.61. The molecule has 0 aliphatic carbocycles. The van der Waals surface area contributed by atoms with Gasteiger partial charge in [-0.25, -0.2) is 4.98 Å². The maximum absolute atomic E-state index is 13.0. The van der Waals surface area contributed by atoms with Crippen LogP contribution in [-0.4, -0.2) is 29.1 Å². The third-order valence-electron chi connectivity index (χ3n) is 4.29. The Balaban J connectivity index is 1.69. The molecule has 2 aromatic heterocycles. The van der Waals surface area contributed by atoms with Crippen molar-refractivity contribution in [1.29, 1.82) is 0 Å². The number of nitrogens with zero attached hydrogens (tertiary/aromatic N) is 2. The van der Waals surface area contributed by atoms with E-state index in [2.05, 4.69) is 10.3 Å². The molecule has 26 heavy (non-hydrogen) atoms. The van der Waals surface area contributed by atoms with E-state index in [1.807, 2.05) is 35.0 Å². The van der Waals surface area contributed by atoms with Crippen LogP contribution in [0.15, 0.2) is 53.3 Å². The fourth-order valence-electron chi connectivity index (χ4n) is 2.96. The van der Waals surface area contributed by atoms with Crippen LogP contribution in [0.4, 0.5) is 5.69 Å². The number of hydrogen-bond donors (Lipinski definition) is 1. The Labute approximate surface area is 150 Å². The highest BCUT2D eigenvalue weighted by molar-refractivity contribution is 5.99. The number of imidazole rings is 1. The molecule has 7 nitrogen and oxygen atoms in total. The van der Waals surface area contributed by atoms with Crippen LogP contribution in [0.1, 0.15) is 28.1 Å². The number of hydrogen-bond acceptors (Lipinski definition) is 6. The Morgan fingerprint density at radius 1 is 1.35 bits per heavy atom. The van der Waals surface area contributed by atoms with Crippen molar-refractivity contribution in [2.45, 2.75) is 19.2 Å². The van der Waals surface area contributed by atoms with Crippen LogP contribution in [0.5, 0.6) is 5.75 Å². The first-order valence-corrected chi connectivity index (χ1v) is 8.36. The molecule has 134 valence electrons. The molecule has 1 N–H and O–H groups in total. The molecule has 3 aromatic rings. The van der Waals surface area contributed by atoms with Crippen molar-refractivity contribution in [3.8, 4) is 5.75 Å². The van der Waals surface area contributed by atoms with Gasteiger partial charge in [0.25, 0.3) is 0 Å². The molecule has 0 spiro atoms. The molecule has 1 aliphatic rings. The van der Waals surface area contributed by atoms with Crippen LogP contribution in [0.2, 0.25) is 0 Å². The molecule has 0 bridgehead atoms. The number of nitrogens with one attached hydrogen (secondary N) is 1. The molecule has 0 fully saturated rings. The maximum atomic E-state index is 13.0. The summed E-state index contributed by atoms with van der Waals surface area (Å²) in [6.45, 7) is 1.81. The van der Waals surface area contributed by atoms with Gasteiger partial charge in [-0.05, 0) is 24.3 Å². The van der Waals surface area contributed by atoms with Gasteiger partial charge in [-0.1, -0.05) is 6.07 Å². The zero-order chi connectivity index (χ0) is 17.9. The van der Waals surface area contributed by atoms with E-state index in [9.17, 15) is 4.79 Å². The summed E-state index contributed by atoms with van der Waals surface area (Å²) in [6.07, 6.45) is 3.39. The number of Topliss-reactive ketones (excluding diaryl/α,β-unsaturated/α-hetero) is 1. The number of ether oxygens (including phenoxy) is 2. The second-order valence-electron chi connectivity index (χ2n) is 5.98. The summed E-state index contributed by atoms with van der Waals surface area (Å²) in [4.78, 5) is 17.6. The van der Waals surface area contributed by atoms with Gasteiger partial charge in [0.05, 0.1) is 25.7 Å².